The SMILES string of the molecule is CNC(=O)N(CCOC(=O)c1ccccc1O)Cc1csc(C(=O)Nc2c(OC)cc(Cl)cc2C(=O)Nc2ccc(Cl)cn2)c1Cl. The number of carbonyl (C=O) groups excluding carboxylic acids is 4. The number of rotatable bonds is 11. The highest BCUT2D eigenvalue weighted by molar-refractivity contribution is 7.13. The summed E-state index contributed by atoms with van der Waals surface area (Å²) in [5.74, 6) is -1.93. The number of methoxy groups -OCH3 is 1. The van der Waals surface area contributed by atoms with Gasteiger partial charge in [0, 0.05) is 36.4 Å². The number of anilines is 2. The number of urea groups is 1. The first kappa shape index (κ1) is 34.3. The van der Waals surface area contributed by atoms with Crippen LogP contribution in [0.3, 0.4) is 0 Å². The minimum absolute atomic E-state index is 0.00786. The Labute approximate surface area is 282 Å². The molecule has 0 aliphatic carbocycles. The molecule has 46 heavy (non-hydrogen) atoms. The third-order valence-corrected chi connectivity index (χ3v) is 8.34. The number of aromatic nitrogens is 1. The molecule has 0 unspecified atom stereocenters. The first-order valence-corrected chi connectivity index (χ1v) is 15.3. The molecule has 4 aromatic rings. The highest BCUT2D eigenvalue weighted by Crippen LogP contribution is 2.35. The van der Waals surface area contributed by atoms with Crippen LogP contribution in [0.2, 0.25) is 15.1 Å². The van der Waals surface area contributed by atoms with Crippen molar-refractivity contribution in [1.82, 2.24) is 15.2 Å². The summed E-state index contributed by atoms with van der Waals surface area (Å²) < 4.78 is 10.6. The van der Waals surface area contributed by atoms with Gasteiger partial charge in [0.25, 0.3) is 11.8 Å². The second-order valence-electron chi connectivity index (χ2n) is 9.33. The van der Waals surface area contributed by atoms with Crippen LogP contribution in [-0.2, 0) is 11.3 Å². The second-order valence-corrected chi connectivity index (χ2v) is 11.5. The molecule has 4 rings (SSSR count). The van der Waals surface area contributed by atoms with Gasteiger partial charge in [0.2, 0.25) is 0 Å². The Kier molecular flexibility index (Phi) is 11.7. The van der Waals surface area contributed by atoms with Gasteiger partial charge in [-0.2, -0.15) is 0 Å². The van der Waals surface area contributed by atoms with E-state index in [9.17, 15) is 24.3 Å². The Morgan fingerprint density at radius 2 is 1.74 bits per heavy atom. The van der Waals surface area contributed by atoms with Gasteiger partial charge in [-0.3, -0.25) is 9.59 Å². The maximum atomic E-state index is 13.5. The Balaban J connectivity index is 1.50. The highest BCUT2D eigenvalue weighted by atomic mass is 35.5. The van der Waals surface area contributed by atoms with Gasteiger partial charge in [0.05, 0.1) is 35.0 Å². The van der Waals surface area contributed by atoms with Crippen LogP contribution in [0.5, 0.6) is 11.5 Å². The van der Waals surface area contributed by atoms with Crippen molar-refractivity contribution in [3.8, 4) is 11.5 Å². The number of amides is 4. The normalized spacial score (nSPS) is 10.5. The molecule has 2 aromatic carbocycles. The summed E-state index contributed by atoms with van der Waals surface area (Å²) in [5.41, 5.74) is 0.464. The number of nitrogens with one attached hydrogen (secondary N) is 3. The molecule has 0 radical (unpaired) electrons. The molecule has 0 atom stereocenters. The monoisotopic (exact) mass is 705 g/mol. The molecule has 0 saturated heterocycles. The van der Waals surface area contributed by atoms with Crippen molar-refractivity contribution in [3.05, 3.63) is 96.7 Å². The van der Waals surface area contributed by atoms with Gasteiger partial charge in [-0.25, -0.2) is 14.6 Å². The Morgan fingerprint density at radius 3 is 2.41 bits per heavy atom. The van der Waals surface area contributed by atoms with Gasteiger partial charge in [0.15, 0.2) is 0 Å². The zero-order valence-corrected chi connectivity index (χ0v) is 27.3. The number of para-hydroxylation sites is 1. The van der Waals surface area contributed by atoms with Crippen LogP contribution in [0.15, 0.2) is 60.1 Å². The maximum Gasteiger partial charge on any atom is 0.341 e. The fraction of sp³-hybridized carbons (Fsp3) is 0.167. The largest absolute Gasteiger partial charge is 0.507 e. The van der Waals surface area contributed by atoms with E-state index in [1.165, 1.54) is 55.6 Å². The molecule has 0 aliphatic rings. The molecule has 0 bridgehead atoms. The van der Waals surface area contributed by atoms with Gasteiger partial charge in [0.1, 0.15) is 34.4 Å². The first-order valence-electron chi connectivity index (χ1n) is 13.3. The predicted molar refractivity (Wildman–Crippen MR) is 176 cm³/mol. The van der Waals surface area contributed by atoms with Crippen LogP contribution in [0.1, 0.15) is 36.0 Å². The lowest BCUT2D eigenvalue weighted by Gasteiger charge is -2.22. The summed E-state index contributed by atoms with van der Waals surface area (Å²) in [5, 5.41) is 19.9. The second kappa shape index (κ2) is 15.6. The number of pyridine rings is 1. The third kappa shape index (κ3) is 8.37. The fourth-order valence-electron chi connectivity index (χ4n) is 4.08. The number of nitrogens with zero attached hydrogens (tertiary/aromatic N) is 2. The standard InChI is InChI=1S/C30H26Cl3N5O7S/c1-34-30(43)38(9-10-45-29(42)19-5-3-4-6-21(19)39)14-16-15-46-26(24(16)33)28(41)37-25-20(11-18(32)12-22(25)44-2)27(40)36-23-8-7-17(31)13-35-23/h3-8,11-13,15,39H,9-10,14H2,1-2H3,(H,34,43)(H,37,41)(H,35,36,40). The van der Waals surface area contributed by atoms with E-state index in [2.05, 4.69) is 20.9 Å². The number of benzene rings is 2. The lowest BCUT2D eigenvalue weighted by atomic mass is 10.1. The summed E-state index contributed by atoms with van der Waals surface area (Å²) >= 11 is 19.7. The molecular weight excluding hydrogens is 681 g/mol. The van der Waals surface area contributed by atoms with Gasteiger partial charge in [-0.05, 0) is 35.7 Å². The van der Waals surface area contributed by atoms with Gasteiger partial charge in [-0.1, -0.05) is 46.9 Å². The zero-order chi connectivity index (χ0) is 33.4. The van der Waals surface area contributed by atoms with Crippen molar-refractivity contribution >= 4 is 81.5 Å². The van der Waals surface area contributed by atoms with Crippen LogP contribution in [0.4, 0.5) is 16.3 Å². The molecule has 0 spiro atoms. The molecule has 240 valence electrons. The zero-order valence-electron chi connectivity index (χ0n) is 24.2. The lowest BCUT2D eigenvalue weighted by molar-refractivity contribution is 0.0469. The average Bonchev–Trinajstić information content (AvgIpc) is 3.41. The maximum absolute atomic E-state index is 13.5. The summed E-state index contributed by atoms with van der Waals surface area (Å²) in [7, 11) is 2.79. The van der Waals surface area contributed by atoms with Crippen molar-refractivity contribution in [2.75, 3.05) is 37.9 Å². The van der Waals surface area contributed by atoms with E-state index in [1.807, 2.05) is 0 Å². The van der Waals surface area contributed by atoms with E-state index in [0.717, 1.165) is 11.3 Å². The van der Waals surface area contributed by atoms with Crippen LogP contribution in [0, 0.1) is 0 Å². The minimum atomic E-state index is -0.752. The molecule has 0 fully saturated rings. The summed E-state index contributed by atoms with van der Waals surface area (Å²) in [4.78, 5) is 57.1. The smallest absolute Gasteiger partial charge is 0.341 e. The van der Waals surface area contributed by atoms with Crippen molar-refractivity contribution in [1.29, 1.82) is 0 Å². The molecule has 0 aliphatic heterocycles. The van der Waals surface area contributed by atoms with Crippen molar-refractivity contribution in [3.63, 3.8) is 0 Å². The Morgan fingerprint density at radius 1 is 0.978 bits per heavy atom. The topological polar surface area (TPSA) is 159 Å². The Bertz CT molecular complexity index is 1770. The van der Waals surface area contributed by atoms with E-state index in [4.69, 9.17) is 44.3 Å². The minimum Gasteiger partial charge on any atom is -0.507 e. The molecule has 0 saturated carbocycles. The van der Waals surface area contributed by atoms with E-state index in [1.54, 1.807) is 23.6 Å². The third-order valence-electron chi connectivity index (χ3n) is 6.33. The van der Waals surface area contributed by atoms with E-state index >= 15 is 0 Å². The molecule has 2 aromatic heterocycles. The molecular formula is C30H26Cl3N5O7S. The number of carbonyl (C=O) groups is 4. The van der Waals surface area contributed by atoms with Gasteiger partial charge < -0.3 is 35.4 Å². The van der Waals surface area contributed by atoms with Gasteiger partial charge >= 0.3 is 12.0 Å². The predicted octanol–water partition coefficient (Wildman–Crippen LogP) is 6.32. The molecule has 4 N–H and O–H groups in total. The lowest BCUT2D eigenvalue weighted by Crippen LogP contribution is -2.39. The number of aromatic hydroxyl groups is 1. The van der Waals surface area contributed by atoms with Crippen molar-refractivity contribution in [2.45, 2.75) is 6.54 Å². The number of halogens is 3. The van der Waals surface area contributed by atoms with Crippen LogP contribution in [-0.4, -0.2) is 66.1 Å². The van der Waals surface area contributed by atoms with E-state index < -0.39 is 23.8 Å². The van der Waals surface area contributed by atoms with Gasteiger partial charge in [-0.15, -0.1) is 11.3 Å². The fourth-order valence-corrected chi connectivity index (χ4v) is 5.65. The number of thiophene rings is 1. The first-order chi connectivity index (χ1) is 22.0. The molecule has 12 nitrogen and oxygen atoms in total. The Hall–Kier alpha value is -4.56. The summed E-state index contributed by atoms with van der Waals surface area (Å²) in [6, 6.07) is 11.3. The average molecular weight is 707 g/mol. The number of ether oxygens (including phenoxy) is 2. The molecule has 2 heterocycles. The number of hydrogen-bond acceptors (Lipinski definition) is 9. The number of phenolic OH excluding ortho intramolecular Hbond substituents is 1. The molecule has 16 heteroatoms. The van der Waals surface area contributed by atoms with Crippen LogP contribution in [0.25, 0.3) is 0 Å². The quantitative estimate of drug-likeness (QED) is 0.132. The van der Waals surface area contributed by atoms with Crippen molar-refractivity contribution < 1.29 is 33.8 Å². The highest BCUT2D eigenvalue weighted by Gasteiger charge is 2.25. The summed E-state index contributed by atoms with van der Waals surface area (Å²) in [6.07, 6.45) is 1.36. The van der Waals surface area contributed by atoms with Crippen molar-refractivity contribution in [2.24, 2.45) is 0 Å². The van der Waals surface area contributed by atoms with Crippen LogP contribution < -0.4 is 20.7 Å². The number of hydrogen-bond donors (Lipinski definition) is 4. The molecule has 4 amide bonds. The van der Waals surface area contributed by atoms with E-state index in [0.29, 0.717) is 10.6 Å². The van der Waals surface area contributed by atoms with Crippen LogP contribution >= 0.6 is 46.1 Å². The van der Waals surface area contributed by atoms with E-state index in [-0.39, 0.29) is 68.7 Å². The number of esters is 1. The number of phenols is 1. The summed E-state index contributed by atoms with van der Waals surface area (Å²) in [6.45, 7) is -0.222.